The lowest BCUT2D eigenvalue weighted by molar-refractivity contribution is 0.0437. The predicted octanol–water partition coefficient (Wildman–Crippen LogP) is 3.97. The van der Waals surface area contributed by atoms with Crippen LogP contribution in [0.2, 0.25) is 0 Å². The molecule has 0 aliphatic rings. The highest BCUT2D eigenvalue weighted by atomic mass is 16.5. The maximum Gasteiger partial charge on any atom is 0.338 e. The highest BCUT2D eigenvalue weighted by Gasteiger charge is 2.12. The van der Waals surface area contributed by atoms with Crippen LogP contribution in [-0.2, 0) is 18.0 Å². The zero-order chi connectivity index (χ0) is 20.1. The van der Waals surface area contributed by atoms with Crippen molar-refractivity contribution < 1.29 is 23.3 Å². The Morgan fingerprint density at radius 3 is 2.48 bits per heavy atom. The fraction of sp³-hybridized carbons (Fsp3) is 0.143. The van der Waals surface area contributed by atoms with Crippen LogP contribution < -0.4 is 4.74 Å². The molecule has 0 spiro atoms. The zero-order valence-corrected chi connectivity index (χ0v) is 15.6. The monoisotopic (exact) mass is 391 g/mol. The molecule has 0 amide bonds. The van der Waals surface area contributed by atoms with E-state index < -0.39 is 5.97 Å². The van der Waals surface area contributed by atoms with Gasteiger partial charge in [-0.25, -0.2) is 4.79 Å². The number of carbonyl (C=O) groups excluding carboxylic acids is 1. The van der Waals surface area contributed by atoms with Crippen molar-refractivity contribution in [3.8, 4) is 17.0 Å². The number of esters is 1. The van der Waals surface area contributed by atoms with Crippen molar-refractivity contribution in [2.45, 2.75) is 20.1 Å². The van der Waals surface area contributed by atoms with Crippen molar-refractivity contribution in [3.05, 3.63) is 83.7 Å². The number of hydrogen-bond donors (Lipinski definition) is 0. The maximum atomic E-state index is 12.2. The van der Waals surface area contributed by atoms with Crippen molar-refractivity contribution in [2.75, 3.05) is 0 Å². The Morgan fingerprint density at radius 1 is 0.966 bits per heavy atom. The van der Waals surface area contributed by atoms with Crippen molar-refractivity contribution >= 4 is 5.97 Å². The summed E-state index contributed by atoms with van der Waals surface area (Å²) in [5, 5.41) is 7.75. The molecule has 8 heteroatoms. The van der Waals surface area contributed by atoms with Crippen LogP contribution in [0.15, 0.2) is 69.7 Å². The maximum absolute atomic E-state index is 12.2. The van der Waals surface area contributed by atoms with E-state index in [1.807, 2.05) is 30.3 Å². The van der Waals surface area contributed by atoms with Gasteiger partial charge in [0.2, 0.25) is 11.7 Å². The van der Waals surface area contributed by atoms with Gasteiger partial charge in [-0.1, -0.05) is 40.6 Å². The van der Waals surface area contributed by atoms with E-state index in [0.717, 1.165) is 5.56 Å². The van der Waals surface area contributed by atoms with Gasteiger partial charge in [-0.3, -0.25) is 0 Å². The Kier molecular flexibility index (Phi) is 5.33. The third kappa shape index (κ3) is 4.67. The van der Waals surface area contributed by atoms with Crippen LogP contribution in [0.4, 0.5) is 0 Å². The van der Waals surface area contributed by atoms with Crippen LogP contribution in [0, 0.1) is 6.92 Å². The third-order valence-corrected chi connectivity index (χ3v) is 4.00. The van der Waals surface area contributed by atoms with Crippen molar-refractivity contribution in [2.24, 2.45) is 0 Å². The largest absolute Gasteiger partial charge is 0.485 e. The van der Waals surface area contributed by atoms with Crippen LogP contribution >= 0.6 is 0 Å². The normalized spacial score (nSPS) is 10.7. The molecule has 2 heterocycles. The molecule has 0 bridgehead atoms. The van der Waals surface area contributed by atoms with E-state index in [1.165, 1.54) is 0 Å². The summed E-state index contributed by atoms with van der Waals surface area (Å²) in [5.41, 5.74) is 2.02. The first kappa shape index (κ1) is 18.4. The van der Waals surface area contributed by atoms with Gasteiger partial charge < -0.3 is 18.5 Å². The molecule has 0 aliphatic carbocycles. The molecular formula is C21H17N3O5. The van der Waals surface area contributed by atoms with Gasteiger partial charge in [0, 0.05) is 18.6 Å². The minimum Gasteiger partial charge on any atom is -0.485 e. The molecule has 29 heavy (non-hydrogen) atoms. The second kappa shape index (κ2) is 8.39. The summed E-state index contributed by atoms with van der Waals surface area (Å²) >= 11 is 0. The number of carbonyl (C=O) groups is 1. The average Bonchev–Trinajstić information content (AvgIpc) is 3.40. The zero-order valence-electron chi connectivity index (χ0n) is 15.6. The Labute approximate surface area is 166 Å². The Hall–Kier alpha value is -3.94. The Morgan fingerprint density at radius 2 is 1.76 bits per heavy atom. The van der Waals surface area contributed by atoms with Gasteiger partial charge in [-0.05, 0) is 24.3 Å². The summed E-state index contributed by atoms with van der Waals surface area (Å²) < 4.78 is 21.0. The SMILES string of the molecule is Cc1nc(COc2ccc(C(=O)OCc3cc(-c4ccccc4)no3)cc2)no1. The van der Waals surface area contributed by atoms with Gasteiger partial charge in [0.1, 0.15) is 11.4 Å². The van der Waals surface area contributed by atoms with Crippen LogP contribution in [0.3, 0.4) is 0 Å². The number of nitrogens with zero attached hydrogens (tertiary/aromatic N) is 3. The molecule has 0 unspecified atom stereocenters. The lowest BCUT2D eigenvalue weighted by Gasteiger charge is -2.05. The topological polar surface area (TPSA) is 100 Å². The predicted molar refractivity (Wildman–Crippen MR) is 101 cm³/mol. The summed E-state index contributed by atoms with van der Waals surface area (Å²) in [4.78, 5) is 16.3. The summed E-state index contributed by atoms with van der Waals surface area (Å²) in [6, 6.07) is 17.9. The molecule has 0 saturated heterocycles. The van der Waals surface area contributed by atoms with Gasteiger partial charge >= 0.3 is 5.97 Å². The number of ether oxygens (including phenoxy) is 2. The van der Waals surface area contributed by atoms with Gasteiger partial charge in [0.25, 0.3) is 0 Å². The van der Waals surface area contributed by atoms with E-state index in [9.17, 15) is 4.79 Å². The van der Waals surface area contributed by atoms with Gasteiger partial charge in [0.15, 0.2) is 19.0 Å². The fourth-order valence-electron chi connectivity index (χ4n) is 2.58. The molecule has 4 rings (SSSR count). The molecule has 0 fully saturated rings. The summed E-state index contributed by atoms with van der Waals surface area (Å²) in [6.45, 7) is 1.88. The Bertz CT molecular complexity index is 1090. The van der Waals surface area contributed by atoms with Gasteiger partial charge in [-0.2, -0.15) is 4.98 Å². The minimum atomic E-state index is -0.469. The highest BCUT2D eigenvalue weighted by Crippen LogP contribution is 2.19. The molecular weight excluding hydrogens is 374 g/mol. The number of aryl methyl sites for hydroxylation is 1. The third-order valence-electron chi connectivity index (χ3n) is 4.00. The van der Waals surface area contributed by atoms with Crippen LogP contribution in [-0.4, -0.2) is 21.3 Å². The molecule has 0 radical (unpaired) electrons. The highest BCUT2D eigenvalue weighted by molar-refractivity contribution is 5.89. The molecule has 0 atom stereocenters. The number of hydrogen-bond acceptors (Lipinski definition) is 8. The summed E-state index contributed by atoms with van der Waals surface area (Å²) in [5.74, 6) is 1.50. The van der Waals surface area contributed by atoms with Crippen LogP contribution in [0.25, 0.3) is 11.3 Å². The molecule has 2 aromatic carbocycles. The standard InChI is InChI=1S/C21H17N3O5/c1-14-22-20(24-28-14)13-26-17-9-7-16(8-10-17)21(25)27-12-18-11-19(23-29-18)15-5-3-2-4-6-15/h2-11H,12-13H2,1H3. The summed E-state index contributed by atoms with van der Waals surface area (Å²) in [6.07, 6.45) is 0. The van der Waals surface area contributed by atoms with Crippen LogP contribution in [0.1, 0.15) is 27.8 Å². The molecule has 2 aromatic heterocycles. The van der Waals surface area contributed by atoms with Gasteiger partial charge in [-0.15, -0.1) is 0 Å². The molecule has 0 aliphatic heterocycles. The summed E-state index contributed by atoms with van der Waals surface area (Å²) in [7, 11) is 0. The number of aromatic nitrogens is 3. The lowest BCUT2D eigenvalue weighted by Crippen LogP contribution is -2.05. The van der Waals surface area contributed by atoms with Crippen molar-refractivity contribution in [1.82, 2.24) is 15.3 Å². The van der Waals surface area contributed by atoms with Crippen LogP contribution in [0.5, 0.6) is 5.75 Å². The average molecular weight is 391 g/mol. The first-order valence-corrected chi connectivity index (χ1v) is 8.87. The van der Waals surface area contributed by atoms with E-state index >= 15 is 0 Å². The molecule has 8 nitrogen and oxygen atoms in total. The van der Waals surface area contributed by atoms with Crippen molar-refractivity contribution in [1.29, 1.82) is 0 Å². The van der Waals surface area contributed by atoms with E-state index in [4.69, 9.17) is 18.5 Å². The van der Waals surface area contributed by atoms with E-state index in [1.54, 1.807) is 37.3 Å². The molecule has 146 valence electrons. The first-order valence-electron chi connectivity index (χ1n) is 8.87. The number of rotatable bonds is 7. The van der Waals surface area contributed by atoms with E-state index in [-0.39, 0.29) is 13.2 Å². The first-order chi connectivity index (χ1) is 14.2. The Balaban J connectivity index is 1.30. The molecule has 4 aromatic rings. The lowest BCUT2D eigenvalue weighted by atomic mass is 10.1. The minimum absolute atomic E-state index is 0.00586. The molecule has 0 N–H and O–H groups in total. The van der Waals surface area contributed by atoms with E-state index in [2.05, 4.69) is 15.3 Å². The van der Waals surface area contributed by atoms with Gasteiger partial charge in [0.05, 0.1) is 5.56 Å². The smallest absolute Gasteiger partial charge is 0.338 e. The quantitative estimate of drug-likeness (QED) is 0.436. The van der Waals surface area contributed by atoms with E-state index in [0.29, 0.717) is 34.5 Å². The second-order valence-electron chi connectivity index (χ2n) is 6.16. The second-order valence-corrected chi connectivity index (χ2v) is 6.16. The fourth-order valence-corrected chi connectivity index (χ4v) is 2.58. The molecule has 0 saturated carbocycles. The van der Waals surface area contributed by atoms with Crippen molar-refractivity contribution in [3.63, 3.8) is 0 Å². The number of benzene rings is 2.